The molecule has 0 aromatic heterocycles. The summed E-state index contributed by atoms with van der Waals surface area (Å²) in [6, 6.07) is 18.8. The number of carbonyl (C=O) groups is 1. The van der Waals surface area contributed by atoms with E-state index in [2.05, 4.69) is 4.85 Å². The third-order valence-corrected chi connectivity index (χ3v) is 3.39. The van der Waals surface area contributed by atoms with Gasteiger partial charge in [0.25, 0.3) is 5.54 Å². The fraction of sp³-hybridized carbons (Fsp3) is 0.176. The Morgan fingerprint density at radius 2 is 1.45 bits per heavy atom. The van der Waals surface area contributed by atoms with Crippen molar-refractivity contribution in [1.82, 2.24) is 0 Å². The van der Waals surface area contributed by atoms with Crippen molar-refractivity contribution in [2.45, 2.75) is 18.4 Å². The van der Waals surface area contributed by atoms with Crippen molar-refractivity contribution in [1.29, 1.82) is 0 Å². The Labute approximate surface area is 118 Å². The smallest absolute Gasteiger partial charge is 0.303 e. The summed E-state index contributed by atoms with van der Waals surface area (Å²) in [4.78, 5) is 14.7. The molecule has 0 bridgehead atoms. The van der Waals surface area contributed by atoms with Crippen molar-refractivity contribution in [2.24, 2.45) is 0 Å². The summed E-state index contributed by atoms with van der Waals surface area (Å²) in [5, 5.41) is 8.96. The molecule has 0 unspecified atom stereocenters. The lowest BCUT2D eigenvalue weighted by atomic mass is 9.80. The van der Waals surface area contributed by atoms with E-state index in [1.54, 1.807) is 0 Å². The Bertz CT molecular complexity index is 575. The van der Waals surface area contributed by atoms with Crippen LogP contribution in [0.15, 0.2) is 60.7 Å². The summed E-state index contributed by atoms with van der Waals surface area (Å²) in [5.74, 6) is -0.884. The van der Waals surface area contributed by atoms with Gasteiger partial charge in [-0.15, -0.1) is 0 Å². The zero-order valence-electron chi connectivity index (χ0n) is 11.0. The number of benzene rings is 2. The molecule has 1 N–H and O–H groups in total. The van der Waals surface area contributed by atoms with Gasteiger partial charge in [-0.2, -0.15) is 0 Å². The molecular weight excluding hydrogens is 250 g/mol. The number of aliphatic carboxylic acids is 1. The second-order valence-corrected chi connectivity index (χ2v) is 4.60. The van der Waals surface area contributed by atoms with Gasteiger partial charge in [-0.1, -0.05) is 60.7 Å². The average molecular weight is 265 g/mol. The van der Waals surface area contributed by atoms with Crippen molar-refractivity contribution in [3.8, 4) is 0 Å². The molecule has 0 aliphatic rings. The molecule has 100 valence electrons. The van der Waals surface area contributed by atoms with E-state index in [4.69, 9.17) is 11.7 Å². The number of nitrogens with zero attached hydrogens (tertiary/aromatic N) is 1. The van der Waals surface area contributed by atoms with Crippen LogP contribution in [0, 0.1) is 6.57 Å². The van der Waals surface area contributed by atoms with Crippen molar-refractivity contribution >= 4 is 5.97 Å². The first-order valence-electron chi connectivity index (χ1n) is 6.40. The van der Waals surface area contributed by atoms with Crippen LogP contribution in [0.3, 0.4) is 0 Å². The lowest BCUT2D eigenvalue weighted by Crippen LogP contribution is -2.24. The Hall–Kier alpha value is -2.60. The van der Waals surface area contributed by atoms with E-state index >= 15 is 0 Å². The van der Waals surface area contributed by atoms with E-state index in [0.29, 0.717) is 0 Å². The van der Waals surface area contributed by atoms with Crippen LogP contribution in [0.25, 0.3) is 4.85 Å². The van der Waals surface area contributed by atoms with Gasteiger partial charge in [0.05, 0.1) is 6.42 Å². The minimum atomic E-state index is -0.930. The van der Waals surface area contributed by atoms with Gasteiger partial charge in [-0.3, -0.25) is 9.64 Å². The van der Waals surface area contributed by atoms with E-state index in [0.717, 1.165) is 11.1 Å². The van der Waals surface area contributed by atoms with E-state index in [1.807, 2.05) is 60.7 Å². The lowest BCUT2D eigenvalue weighted by molar-refractivity contribution is -0.137. The first-order chi connectivity index (χ1) is 9.69. The van der Waals surface area contributed by atoms with Crippen LogP contribution in [0.4, 0.5) is 0 Å². The molecule has 2 aromatic rings. The van der Waals surface area contributed by atoms with E-state index < -0.39 is 11.5 Å². The van der Waals surface area contributed by atoms with Gasteiger partial charge in [-0.05, 0) is 0 Å². The zero-order chi connectivity index (χ0) is 14.4. The van der Waals surface area contributed by atoms with Gasteiger partial charge in [0, 0.05) is 17.5 Å². The predicted molar refractivity (Wildman–Crippen MR) is 77.1 cm³/mol. The van der Waals surface area contributed by atoms with Crippen LogP contribution in [0.2, 0.25) is 0 Å². The number of carboxylic acids is 1. The Morgan fingerprint density at radius 1 is 1.00 bits per heavy atom. The highest BCUT2D eigenvalue weighted by molar-refractivity contribution is 5.67. The normalized spacial score (nSPS) is 10.8. The number of rotatable bonds is 5. The number of hydrogen-bond acceptors (Lipinski definition) is 1. The zero-order valence-corrected chi connectivity index (χ0v) is 11.0. The minimum Gasteiger partial charge on any atom is -0.481 e. The van der Waals surface area contributed by atoms with Crippen LogP contribution in [-0.4, -0.2) is 11.1 Å². The van der Waals surface area contributed by atoms with E-state index in [9.17, 15) is 4.79 Å². The van der Waals surface area contributed by atoms with Crippen LogP contribution in [0.1, 0.15) is 24.0 Å². The molecule has 2 aromatic carbocycles. The van der Waals surface area contributed by atoms with Gasteiger partial charge < -0.3 is 5.11 Å². The maximum absolute atomic E-state index is 10.9. The average Bonchev–Trinajstić information content (AvgIpc) is 2.50. The topological polar surface area (TPSA) is 41.7 Å². The maximum atomic E-state index is 10.9. The number of hydrogen-bond donors (Lipinski definition) is 1. The van der Waals surface area contributed by atoms with Crippen LogP contribution in [-0.2, 0) is 10.3 Å². The number of carboxylic acid groups (broad SMARTS) is 1. The molecule has 2 rings (SSSR count). The summed E-state index contributed by atoms with van der Waals surface area (Å²) in [6.45, 7) is 7.66. The summed E-state index contributed by atoms with van der Waals surface area (Å²) in [5.41, 5.74) is 0.742. The molecule has 0 aliphatic carbocycles. The first-order valence-corrected chi connectivity index (χ1v) is 6.40. The molecule has 3 nitrogen and oxygen atoms in total. The monoisotopic (exact) mass is 265 g/mol. The summed E-state index contributed by atoms with van der Waals surface area (Å²) >= 11 is 0. The molecule has 3 heteroatoms. The van der Waals surface area contributed by atoms with Gasteiger partial charge in [0.1, 0.15) is 0 Å². The second kappa shape index (κ2) is 6.03. The van der Waals surface area contributed by atoms with Gasteiger partial charge in [-0.25, -0.2) is 6.57 Å². The summed E-state index contributed by atoms with van der Waals surface area (Å²) in [6.07, 6.45) is 0.228. The van der Waals surface area contributed by atoms with Gasteiger partial charge >= 0.3 is 5.97 Å². The minimum absolute atomic E-state index is 0.0355. The maximum Gasteiger partial charge on any atom is 0.303 e. The summed E-state index contributed by atoms with van der Waals surface area (Å²) in [7, 11) is 0. The quantitative estimate of drug-likeness (QED) is 0.837. The Kier molecular flexibility index (Phi) is 4.17. The first kappa shape index (κ1) is 13.8. The molecule has 0 atom stereocenters. The van der Waals surface area contributed by atoms with Crippen molar-refractivity contribution in [2.75, 3.05) is 0 Å². The third kappa shape index (κ3) is 2.70. The standard InChI is InChI=1S/C17H15NO2/c1-18-17(13-12-16(19)20,14-8-4-2-5-9-14)15-10-6-3-7-11-15/h2-11H,12-13H2,(H,19,20). The van der Waals surface area contributed by atoms with Crippen LogP contribution < -0.4 is 0 Å². The van der Waals surface area contributed by atoms with Crippen LogP contribution >= 0.6 is 0 Å². The molecule has 0 aliphatic heterocycles. The van der Waals surface area contributed by atoms with Gasteiger partial charge in [0.2, 0.25) is 0 Å². The van der Waals surface area contributed by atoms with E-state index in [-0.39, 0.29) is 12.8 Å². The Morgan fingerprint density at radius 3 is 1.80 bits per heavy atom. The van der Waals surface area contributed by atoms with Gasteiger partial charge in [0.15, 0.2) is 0 Å². The molecule has 0 spiro atoms. The summed E-state index contributed by atoms with van der Waals surface area (Å²) < 4.78 is 0. The largest absolute Gasteiger partial charge is 0.481 e. The third-order valence-electron chi connectivity index (χ3n) is 3.39. The Balaban J connectivity index is 2.53. The fourth-order valence-electron chi connectivity index (χ4n) is 2.36. The lowest BCUT2D eigenvalue weighted by Gasteiger charge is -2.22. The molecule has 0 saturated carbocycles. The molecule has 0 heterocycles. The van der Waals surface area contributed by atoms with Crippen molar-refractivity contribution in [3.05, 3.63) is 83.2 Å². The molecule has 0 saturated heterocycles. The highest BCUT2D eigenvalue weighted by atomic mass is 16.4. The van der Waals surface area contributed by atoms with Crippen LogP contribution in [0.5, 0.6) is 0 Å². The van der Waals surface area contributed by atoms with E-state index in [1.165, 1.54) is 0 Å². The molecule has 0 radical (unpaired) electrons. The second-order valence-electron chi connectivity index (χ2n) is 4.60. The molecule has 20 heavy (non-hydrogen) atoms. The van der Waals surface area contributed by atoms with Crippen molar-refractivity contribution in [3.63, 3.8) is 0 Å². The predicted octanol–water partition coefficient (Wildman–Crippen LogP) is 3.71. The highest BCUT2D eigenvalue weighted by Gasteiger charge is 2.41. The molecule has 0 fully saturated rings. The fourth-order valence-corrected chi connectivity index (χ4v) is 2.36. The van der Waals surface area contributed by atoms with Crippen molar-refractivity contribution < 1.29 is 9.90 Å². The highest BCUT2D eigenvalue weighted by Crippen LogP contribution is 2.38. The SMILES string of the molecule is [C-]#[N+]C(CCC(=O)O)(c1ccccc1)c1ccccc1. The molecular formula is C17H15NO2. The molecule has 0 amide bonds.